The van der Waals surface area contributed by atoms with Crippen molar-refractivity contribution in [2.75, 3.05) is 26.2 Å². The summed E-state index contributed by atoms with van der Waals surface area (Å²) in [5, 5.41) is 11.8. The molecule has 0 heterocycles. The Morgan fingerprint density at radius 2 is 1.48 bits per heavy atom. The SMILES string of the molecule is CCN(CC)C(=O)c1ccc(C(=O)N(CCNC(C)=O)C(C)C(=O)O)cc1. The van der Waals surface area contributed by atoms with Gasteiger partial charge in [-0.25, -0.2) is 4.79 Å². The van der Waals surface area contributed by atoms with E-state index in [4.69, 9.17) is 0 Å². The molecule has 0 spiro atoms. The van der Waals surface area contributed by atoms with Crippen LogP contribution in [0.5, 0.6) is 0 Å². The largest absolute Gasteiger partial charge is 0.480 e. The Hall–Kier alpha value is -2.90. The van der Waals surface area contributed by atoms with Gasteiger partial charge in [0.15, 0.2) is 0 Å². The summed E-state index contributed by atoms with van der Waals surface area (Å²) in [5.41, 5.74) is 0.744. The molecule has 0 saturated carbocycles. The first kappa shape index (κ1) is 22.1. The fourth-order valence-electron chi connectivity index (χ4n) is 2.57. The average Bonchev–Trinajstić information content (AvgIpc) is 2.65. The number of hydrogen-bond acceptors (Lipinski definition) is 4. The van der Waals surface area contributed by atoms with Gasteiger partial charge in [-0.05, 0) is 45.0 Å². The van der Waals surface area contributed by atoms with Crippen molar-refractivity contribution in [3.63, 3.8) is 0 Å². The second kappa shape index (κ2) is 10.3. The average molecular weight is 377 g/mol. The molecule has 8 heteroatoms. The van der Waals surface area contributed by atoms with Gasteiger partial charge in [0, 0.05) is 44.2 Å². The molecule has 0 saturated heterocycles. The molecule has 0 fully saturated rings. The third-order valence-corrected chi connectivity index (χ3v) is 4.24. The van der Waals surface area contributed by atoms with Crippen molar-refractivity contribution in [3.05, 3.63) is 35.4 Å². The van der Waals surface area contributed by atoms with E-state index in [1.54, 1.807) is 17.0 Å². The van der Waals surface area contributed by atoms with Gasteiger partial charge in [-0.3, -0.25) is 14.4 Å². The molecule has 27 heavy (non-hydrogen) atoms. The van der Waals surface area contributed by atoms with Crippen molar-refractivity contribution in [2.24, 2.45) is 0 Å². The summed E-state index contributed by atoms with van der Waals surface area (Å²) in [4.78, 5) is 50.3. The first-order valence-corrected chi connectivity index (χ1v) is 8.90. The first-order chi connectivity index (χ1) is 12.7. The molecule has 2 N–H and O–H groups in total. The predicted octanol–water partition coefficient (Wildman–Crippen LogP) is 1.22. The molecular formula is C19H27N3O5. The van der Waals surface area contributed by atoms with Gasteiger partial charge in [0.1, 0.15) is 6.04 Å². The Morgan fingerprint density at radius 1 is 1.00 bits per heavy atom. The fourth-order valence-corrected chi connectivity index (χ4v) is 2.57. The molecule has 0 aliphatic rings. The summed E-state index contributed by atoms with van der Waals surface area (Å²) in [6, 6.07) is 5.09. The Kier molecular flexibility index (Phi) is 8.44. The molecule has 3 amide bonds. The number of hydrogen-bond donors (Lipinski definition) is 2. The van der Waals surface area contributed by atoms with Crippen molar-refractivity contribution in [2.45, 2.75) is 33.7 Å². The Morgan fingerprint density at radius 3 is 1.89 bits per heavy atom. The summed E-state index contributed by atoms with van der Waals surface area (Å²) in [6.07, 6.45) is 0. The van der Waals surface area contributed by atoms with Crippen LogP contribution >= 0.6 is 0 Å². The fraction of sp³-hybridized carbons (Fsp3) is 0.474. The number of aliphatic carboxylic acids is 1. The van der Waals surface area contributed by atoms with Gasteiger partial charge >= 0.3 is 5.97 Å². The number of carbonyl (C=O) groups is 4. The lowest BCUT2D eigenvalue weighted by Gasteiger charge is -2.27. The van der Waals surface area contributed by atoms with Gasteiger partial charge in [0.05, 0.1) is 0 Å². The normalized spacial score (nSPS) is 11.4. The van der Waals surface area contributed by atoms with Crippen LogP contribution in [0.3, 0.4) is 0 Å². The highest BCUT2D eigenvalue weighted by Crippen LogP contribution is 2.12. The molecule has 0 radical (unpaired) electrons. The predicted molar refractivity (Wildman–Crippen MR) is 101 cm³/mol. The number of carbonyl (C=O) groups excluding carboxylic acids is 3. The number of carboxylic acids is 1. The molecule has 1 rings (SSSR count). The van der Waals surface area contributed by atoms with Crippen molar-refractivity contribution < 1.29 is 24.3 Å². The zero-order valence-corrected chi connectivity index (χ0v) is 16.2. The van der Waals surface area contributed by atoms with Crippen LogP contribution in [0.1, 0.15) is 48.4 Å². The molecule has 1 unspecified atom stereocenters. The molecule has 148 valence electrons. The molecule has 0 aromatic heterocycles. The van der Waals surface area contributed by atoms with Crippen molar-refractivity contribution in [1.29, 1.82) is 0 Å². The van der Waals surface area contributed by atoms with Crippen LogP contribution in [0.2, 0.25) is 0 Å². The van der Waals surface area contributed by atoms with E-state index in [1.807, 2.05) is 13.8 Å². The summed E-state index contributed by atoms with van der Waals surface area (Å²) in [5.74, 6) is -2.00. The van der Waals surface area contributed by atoms with Gasteiger partial charge in [0.25, 0.3) is 11.8 Å². The Labute approximate surface area is 159 Å². The summed E-state index contributed by atoms with van der Waals surface area (Å²) in [6.45, 7) is 7.92. The van der Waals surface area contributed by atoms with Gasteiger partial charge in [-0.15, -0.1) is 0 Å². The number of nitrogens with zero attached hydrogens (tertiary/aromatic N) is 2. The first-order valence-electron chi connectivity index (χ1n) is 8.90. The quantitative estimate of drug-likeness (QED) is 0.673. The van der Waals surface area contributed by atoms with Gasteiger partial charge < -0.3 is 20.2 Å². The number of nitrogens with one attached hydrogen (secondary N) is 1. The van der Waals surface area contributed by atoms with E-state index in [-0.39, 0.29) is 30.5 Å². The van der Waals surface area contributed by atoms with Crippen LogP contribution in [-0.4, -0.2) is 70.8 Å². The second-order valence-corrected chi connectivity index (χ2v) is 6.05. The highest BCUT2D eigenvalue weighted by molar-refractivity contribution is 5.99. The lowest BCUT2D eigenvalue weighted by Crippen LogP contribution is -2.46. The van der Waals surface area contributed by atoms with E-state index >= 15 is 0 Å². The van der Waals surface area contributed by atoms with Gasteiger partial charge in [0.2, 0.25) is 5.91 Å². The van der Waals surface area contributed by atoms with Crippen LogP contribution < -0.4 is 5.32 Å². The van der Waals surface area contributed by atoms with Gasteiger partial charge in [-0.2, -0.15) is 0 Å². The molecular weight excluding hydrogens is 350 g/mol. The van der Waals surface area contributed by atoms with Crippen LogP contribution in [-0.2, 0) is 9.59 Å². The number of carboxylic acid groups (broad SMARTS) is 1. The maximum Gasteiger partial charge on any atom is 0.326 e. The molecule has 1 aromatic rings. The van der Waals surface area contributed by atoms with Crippen LogP contribution in [0.4, 0.5) is 0 Å². The highest BCUT2D eigenvalue weighted by atomic mass is 16.4. The van der Waals surface area contributed by atoms with Crippen molar-refractivity contribution >= 4 is 23.7 Å². The molecule has 0 aliphatic carbocycles. The van der Waals surface area contributed by atoms with Crippen LogP contribution in [0, 0.1) is 0 Å². The summed E-state index contributed by atoms with van der Waals surface area (Å²) >= 11 is 0. The minimum atomic E-state index is -1.14. The zero-order valence-electron chi connectivity index (χ0n) is 16.2. The summed E-state index contributed by atoms with van der Waals surface area (Å²) < 4.78 is 0. The second-order valence-electron chi connectivity index (χ2n) is 6.05. The van der Waals surface area contributed by atoms with Gasteiger partial charge in [-0.1, -0.05) is 0 Å². The standard InChI is InChI=1S/C19H27N3O5/c1-5-21(6-2)17(24)15-7-9-16(10-8-15)18(25)22(13(3)19(26)27)12-11-20-14(4)23/h7-10,13H,5-6,11-12H2,1-4H3,(H,20,23)(H,26,27). The molecule has 1 atom stereocenters. The Balaban J connectivity index is 2.98. The number of rotatable bonds is 9. The minimum absolute atomic E-state index is 0.0615. The van der Waals surface area contributed by atoms with Crippen LogP contribution in [0.25, 0.3) is 0 Å². The Bertz CT molecular complexity index is 683. The summed E-state index contributed by atoms with van der Waals surface area (Å²) in [7, 11) is 0. The van der Waals surface area contributed by atoms with E-state index in [0.29, 0.717) is 18.7 Å². The third-order valence-electron chi connectivity index (χ3n) is 4.24. The lowest BCUT2D eigenvalue weighted by molar-refractivity contribution is -0.141. The van der Waals surface area contributed by atoms with E-state index < -0.39 is 17.9 Å². The van der Waals surface area contributed by atoms with Crippen molar-refractivity contribution in [1.82, 2.24) is 15.1 Å². The molecule has 8 nitrogen and oxygen atoms in total. The minimum Gasteiger partial charge on any atom is -0.480 e. The van der Waals surface area contributed by atoms with Crippen molar-refractivity contribution in [3.8, 4) is 0 Å². The van der Waals surface area contributed by atoms with Crippen LogP contribution in [0.15, 0.2) is 24.3 Å². The number of amides is 3. The highest BCUT2D eigenvalue weighted by Gasteiger charge is 2.26. The monoisotopic (exact) mass is 377 g/mol. The zero-order chi connectivity index (χ0) is 20.6. The van der Waals surface area contributed by atoms with E-state index in [9.17, 15) is 24.3 Å². The molecule has 0 bridgehead atoms. The third kappa shape index (κ3) is 6.09. The topological polar surface area (TPSA) is 107 Å². The smallest absolute Gasteiger partial charge is 0.326 e. The lowest BCUT2D eigenvalue weighted by atomic mass is 10.1. The van der Waals surface area contributed by atoms with E-state index in [0.717, 1.165) is 0 Å². The maximum absolute atomic E-state index is 12.7. The number of benzene rings is 1. The van der Waals surface area contributed by atoms with E-state index in [2.05, 4.69) is 5.32 Å². The molecule has 0 aliphatic heterocycles. The molecule has 1 aromatic carbocycles. The maximum atomic E-state index is 12.7. The van der Waals surface area contributed by atoms with E-state index in [1.165, 1.54) is 30.9 Å².